The van der Waals surface area contributed by atoms with Gasteiger partial charge in [-0.05, 0) is 49.8 Å². The number of ether oxygens (including phenoxy) is 4. The van der Waals surface area contributed by atoms with Gasteiger partial charge < -0.3 is 28.5 Å². The minimum absolute atomic E-state index is 0.0804. The maximum absolute atomic E-state index is 12.8. The van der Waals surface area contributed by atoms with Gasteiger partial charge in [-0.15, -0.1) is 0 Å². The first kappa shape index (κ1) is 24.5. The summed E-state index contributed by atoms with van der Waals surface area (Å²) in [4.78, 5) is 23.8. The Kier molecular flexibility index (Phi) is 7.07. The number of carboxylic acid groups (broad SMARTS) is 1. The minimum atomic E-state index is -0.787. The molecule has 1 heterocycles. The van der Waals surface area contributed by atoms with Crippen molar-refractivity contribution in [3.8, 4) is 28.6 Å². The smallest absolute Gasteiger partial charge is 0.306 e. The molecule has 0 unspecified atom stereocenters. The zero-order valence-corrected chi connectivity index (χ0v) is 20.6. The van der Waals surface area contributed by atoms with Crippen molar-refractivity contribution < 1.29 is 33.3 Å². The van der Waals surface area contributed by atoms with Crippen molar-refractivity contribution in [2.45, 2.75) is 31.8 Å². The molecule has 36 heavy (non-hydrogen) atoms. The Balaban J connectivity index is 1.41. The number of hydrogen-bond acceptors (Lipinski definition) is 7. The average molecular weight is 515 g/mol. The molecular formula is C27H27ClO8. The highest BCUT2D eigenvalue weighted by molar-refractivity contribution is 6.34. The van der Waals surface area contributed by atoms with Crippen LogP contribution in [-0.2, 0) is 9.53 Å². The van der Waals surface area contributed by atoms with E-state index in [2.05, 4.69) is 0 Å². The van der Waals surface area contributed by atoms with Crippen molar-refractivity contribution in [3.63, 3.8) is 0 Å². The van der Waals surface area contributed by atoms with Crippen molar-refractivity contribution in [2.24, 2.45) is 11.8 Å². The zero-order valence-electron chi connectivity index (χ0n) is 19.8. The van der Waals surface area contributed by atoms with Crippen LogP contribution in [0.2, 0.25) is 5.02 Å². The third-order valence-electron chi connectivity index (χ3n) is 6.55. The Morgan fingerprint density at radius 2 is 1.89 bits per heavy atom. The molecule has 1 aromatic heterocycles. The summed E-state index contributed by atoms with van der Waals surface area (Å²) in [7, 11) is 1.55. The second-order valence-corrected chi connectivity index (χ2v) is 9.60. The van der Waals surface area contributed by atoms with Gasteiger partial charge in [0.25, 0.3) is 0 Å². The van der Waals surface area contributed by atoms with Crippen molar-refractivity contribution in [1.82, 2.24) is 0 Å². The van der Waals surface area contributed by atoms with Gasteiger partial charge in [-0.1, -0.05) is 17.7 Å². The molecule has 0 atom stereocenters. The molecule has 2 saturated carbocycles. The standard InChI is InChI=1S/C27H27ClO8/c1-32-24-11-19(23-12-21(29)18-3-2-4-20(28)26(18)36-23)22(13-25(24)35-14-15-5-6-15)34-8-7-33-17-9-16(10-17)27(30)31/h2-4,11-13,15-17H,5-10,14H2,1H3,(H,30,31). The molecule has 0 radical (unpaired) electrons. The van der Waals surface area contributed by atoms with Gasteiger partial charge in [-0.2, -0.15) is 0 Å². The molecule has 0 spiro atoms. The van der Waals surface area contributed by atoms with Gasteiger partial charge in [0, 0.05) is 12.1 Å². The summed E-state index contributed by atoms with van der Waals surface area (Å²) in [6, 6.07) is 9.89. The van der Waals surface area contributed by atoms with Crippen LogP contribution in [0.4, 0.5) is 0 Å². The Bertz CT molecular complexity index is 1320. The van der Waals surface area contributed by atoms with E-state index in [0.717, 1.165) is 12.8 Å². The zero-order chi connectivity index (χ0) is 25.2. The van der Waals surface area contributed by atoms with Crippen LogP contribution in [0.25, 0.3) is 22.3 Å². The normalized spacial score (nSPS) is 19.1. The highest BCUT2D eigenvalue weighted by Crippen LogP contribution is 2.42. The summed E-state index contributed by atoms with van der Waals surface area (Å²) in [5.74, 6) is 1.18. The van der Waals surface area contributed by atoms with Gasteiger partial charge in [0.05, 0.1) is 48.3 Å². The number of carboxylic acids is 1. The third-order valence-corrected chi connectivity index (χ3v) is 6.85. The molecule has 2 aliphatic rings. The number of fused-ring (bicyclic) bond motifs is 1. The lowest BCUT2D eigenvalue weighted by molar-refractivity contribution is -0.151. The van der Waals surface area contributed by atoms with Crippen LogP contribution in [0.15, 0.2) is 45.6 Å². The molecule has 9 heteroatoms. The molecule has 2 aromatic carbocycles. The molecule has 2 fully saturated rings. The van der Waals surface area contributed by atoms with E-state index in [4.69, 9.17) is 40.1 Å². The Morgan fingerprint density at radius 1 is 1.08 bits per heavy atom. The molecule has 0 amide bonds. The highest BCUT2D eigenvalue weighted by Gasteiger charge is 2.35. The second kappa shape index (κ2) is 10.4. The number of benzene rings is 2. The summed E-state index contributed by atoms with van der Waals surface area (Å²) < 4.78 is 29.4. The fraction of sp³-hybridized carbons (Fsp3) is 0.407. The summed E-state index contributed by atoms with van der Waals surface area (Å²) >= 11 is 6.31. The number of para-hydroxylation sites is 1. The summed E-state index contributed by atoms with van der Waals surface area (Å²) in [5.41, 5.74) is 0.579. The average Bonchev–Trinajstić information content (AvgIpc) is 3.66. The quantitative estimate of drug-likeness (QED) is 0.349. The first-order valence-electron chi connectivity index (χ1n) is 12.0. The van der Waals surface area contributed by atoms with Gasteiger partial charge in [-0.3, -0.25) is 9.59 Å². The molecular weight excluding hydrogens is 488 g/mol. The topological polar surface area (TPSA) is 104 Å². The molecule has 5 rings (SSSR count). The first-order valence-corrected chi connectivity index (χ1v) is 12.4. The Hall–Kier alpha value is -3.23. The molecule has 1 N–H and O–H groups in total. The number of halogens is 1. The van der Waals surface area contributed by atoms with E-state index in [0.29, 0.717) is 64.2 Å². The lowest BCUT2D eigenvalue weighted by Crippen LogP contribution is -2.37. The second-order valence-electron chi connectivity index (χ2n) is 9.19. The van der Waals surface area contributed by atoms with Crippen LogP contribution < -0.4 is 19.6 Å². The van der Waals surface area contributed by atoms with Gasteiger partial charge in [-0.25, -0.2) is 0 Å². The number of hydrogen-bond donors (Lipinski definition) is 1. The van der Waals surface area contributed by atoms with Crippen molar-refractivity contribution in [2.75, 3.05) is 26.9 Å². The maximum atomic E-state index is 12.8. The summed E-state index contributed by atoms with van der Waals surface area (Å²) in [6.45, 7) is 1.09. The summed E-state index contributed by atoms with van der Waals surface area (Å²) in [6.07, 6.45) is 3.22. The molecule has 2 aliphatic carbocycles. The molecule has 8 nitrogen and oxygen atoms in total. The minimum Gasteiger partial charge on any atom is -0.493 e. The summed E-state index contributed by atoms with van der Waals surface area (Å²) in [5, 5.41) is 9.74. The lowest BCUT2D eigenvalue weighted by atomic mass is 9.82. The number of rotatable bonds is 11. The largest absolute Gasteiger partial charge is 0.493 e. The number of carbonyl (C=O) groups is 1. The lowest BCUT2D eigenvalue weighted by Gasteiger charge is -2.32. The van der Waals surface area contributed by atoms with E-state index in [1.54, 1.807) is 37.4 Å². The Labute approximate surface area is 212 Å². The highest BCUT2D eigenvalue weighted by atomic mass is 35.5. The number of aliphatic carboxylic acids is 1. The van der Waals surface area contributed by atoms with Gasteiger partial charge >= 0.3 is 5.97 Å². The third kappa shape index (κ3) is 5.29. The molecule has 0 aliphatic heterocycles. The van der Waals surface area contributed by atoms with E-state index in [1.807, 2.05) is 0 Å². The fourth-order valence-corrected chi connectivity index (χ4v) is 4.38. The maximum Gasteiger partial charge on any atom is 0.306 e. The van der Waals surface area contributed by atoms with Crippen LogP contribution in [0.1, 0.15) is 25.7 Å². The molecule has 190 valence electrons. The molecule has 0 bridgehead atoms. The Morgan fingerprint density at radius 3 is 2.61 bits per heavy atom. The van der Waals surface area contributed by atoms with Crippen molar-refractivity contribution in [1.29, 1.82) is 0 Å². The predicted molar refractivity (Wildman–Crippen MR) is 133 cm³/mol. The van der Waals surface area contributed by atoms with Gasteiger partial charge in [0.1, 0.15) is 18.1 Å². The fourth-order valence-electron chi connectivity index (χ4n) is 4.16. The SMILES string of the molecule is COc1cc(-c2cc(=O)c3cccc(Cl)c3o2)c(OCCOC2CC(C(=O)O)C2)cc1OCC1CC1. The molecule has 3 aromatic rings. The van der Waals surface area contributed by atoms with Crippen molar-refractivity contribution >= 4 is 28.5 Å². The van der Waals surface area contributed by atoms with E-state index in [1.165, 1.54) is 6.07 Å². The number of methoxy groups -OCH3 is 1. The van der Waals surface area contributed by atoms with Crippen LogP contribution in [0.3, 0.4) is 0 Å². The predicted octanol–water partition coefficient (Wildman–Crippen LogP) is 5.17. The van der Waals surface area contributed by atoms with E-state index >= 15 is 0 Å². The van der Waals surface area contributed by atoms with Gasteiger partial charge in [0.2, 0.25) is 0 Å². The van der Waals surface area contributed by atoms with E-state index in [-0.39, 0.29) is 36.4 Å². The van der Waals surface area contributed by atoms with Crippen LogP contribution in [-0.4, -0.2) is 44.1 Å². The van der Waals surface area contributed by atoms with Crippen LogP contribution in [0.5, 0.6) is 17.2 Å². The first-order chi connectivity index (χ1) is 17.4. The molecule has 0 saturated heterocycles. The monoisotopic (exact) mass is 514 g/mol. The van der Waals surface area contributed by atoms with Crippen LogP contribution >= 0.6 is 11.6 Å². The van der Waals surface area contributed by atoms with E-state index in [9.17, 15) is 9.59 Å². The van der Waals surface area contributed by atoms with E-state index < -0.39 is 5.97 Å². The van der Waals surface area contributed by atoms with Crippen LogP contribution in [0, 0.1) is 11.8 Å². The van der Waals surface area contributed by atoms with Gasteiger partial charge in [0.15, 0.2) is 22.5 Å². The van der Waals surface area contributed by atoms with Crippen molar-refractivity contribution in [3.05, 3.63) is 51.6 Å².